The van der Waals surface area contributed by atoms with Crippen molar-refractivity contribution in [2.75, 3.05) is 6.61 Å². The molecule has 0 aliphatic rings. The Morgan fingerprint density at radius 3 is 0.762 bits per heavy atom. The Balaban J connectivity index is -0.0000000533. The van der Waals surface area contributed by atoms with Crippen molar-refractivity contribution >= 4 is 0 Å². The van der Waals surface area contributed by atoms with Crippen LogP contribution < -0.4 is 0 Å². The van der Waals surface area contributed by atoms with E-state index in [9.17, 15) is 0 Å². The molecule has 0 unspecified atom stereocenters. The largest absolute Gasteiger partial charge is 0.396 e. The van der Waals surface area contributed by atoms with Gasteiger partial charge in [-0.15, -0.1) is 0 Å². The number of hydrogen-bond acceptors (Lipinski definition) is 4. The second-order valence-electron chi connectivity index (χ2n) is 7.59. The Labute approximate surface area is 147 Å². The van der Waals surface area contributed by atoms with Crippen molar-refractivity contribution in [3.8, 4) is 0 Å². The van der Waals surface area contributed by atoms with Crippen LogP contribution >= 0.6 is 0 Å². The van der Waals surface area contributed by atoms with Gasteiger partial charge in [0.05, 0.1) is 16.8 Å². The minimum Gasteiger partial charge on any atom is -0.396 e. The van der Waals surface area contributed by atoms with Crippen LogP contribution in [0.4, 0.5) is 0 Å². The molecule has 0 aromatic rings. The molecule has 0 aliphatic carbocycles. The number of unbranched alkanes of at least 4 members (excludes halogenated alkanes) is 1. The molecule has 5 heteroatoms. The minimum absolute atomic E-state index is 0. The zero-order chi connectivity index (χ0) is 17.6. The van der Waals surface area contributed by atoms with E-state index in [0.717, 1.165) is 12.8 Å². The fourth-order valence-corrected chi connectivity index (χ4v) is 0.158. The summed E-state index contributed by atoms with van der Waals surface area (Å²) in [5.74, 6) is 0. The summed E-state index contributed by atoms with van der Waals surface area (Å²) in [6.07, 6.45) is 2.04. The molecule has 4 nitrogen and oxygen atoms in total. The van der Waals surface area contributed by atoms with Crippen LogP contribution in [-0.2, 0) is 21.7 Å². The molecule has 0 aromatic heterocycles. The van der Waals surface area contributed by atoms with E-state index >= 15 is 0 Å². The first kappa shape index (κ1) is 33.2. The van der Waals surface area contributed by atoms with E-state index in [0.29, 0.717) is 6.61 Å². The Hall–Kier alpha value is 0.554. The number of hydrogen-bond donors (Lipinski definition) is 4. The van der Waals surface area contributed by atoms with Crippen molar-refractivity contribution in [2.45, 2.75) is 98.9 Å². The van der Waals surface area contributed by atoms with Gasteiger partial charge in [-0.2, -0.15) is 0 Å². The first-order valence-corrected chi connectivity index (χ1v) is 7.19. The zero-order valence-electron chi connectivity index (χ0n) is 15.9. The molecule has 0 fully saturated rings. The van der Waals surface area contributed by atoms with Gasteiger partial charge in [-0.1, -0.05) is 13.3 Å². The molecule has 0 atom stereocenters. The van der Waals surface area contributed by atoms with E-state index in [4.69, 9.17) is 20.4 Å². The summed E-state index contributed by atoms with van der Waals surface area (Å²) < 4.78 is 0. The Morgan fingerprint density at radius 2 is 0.762 bits per heavy atom. The molecule has 4 N–H and O–H groups in total. The Kier molecular flexibility index (Phi) is 26.8. The average Bonchev–Trinajstić information content (AvgIpc) is 1.94. The van der Waals surface area contributed by atoms with Crippen LogP contribution in [0.1, 0.15) is 82.1 Å². The predicted molar refractivity (Wildman–Crippen MR) is 87.9 cm³/mol. The van der Waals surface area contributed by atoms with Crippen molar-refractivity contribution < 1.29 is 42.1 Å². The fraction of sp³-hybridized carbons (Fsp3) is 1.00. The molecule has 0 aliphatic heterocycles. The van der Waals surface area contributed by atoms with Crippen LogP contribution in [0.5, 0.6) is 0 Å². The monoisotopic (exact) mass is 344 g/mol. The van der Waals surface area contributed by atoms with Gasteiger partial charge >= 0.3 is 0 Å². The van der Waals surface area contributed by atoms with Gasteiger partial charge in [-0.3, -0.25) is 0 Å². The van der Waals surface area contributed by atoms with Crippen molar-refractivity contribution in [1.29, 1.82) is 0 Å². The van der Waals surface area contributed by atoms with Crippen LogP contribution in [0.3, 0.4) is 0 Å². The Bertz CT molecular complexity index is 128. The number of aliphatic hydroxyl groups is 4. The van der Waals surface area contributed by atoms with Gasteiger partial charge in [0.1, 0.15) is 0 Å². The van der Waals surface area contributed by atoms with Gasteiger partial charge in [-0.05, 0) is 68.7 Å². The molecular weight excluding hydrogens is 304 g/mol. The third kappa shape index (κ3) is 1080. The maximum absolute atomic E-state index is 8.52. The average molecular weight is 344 g/mol. The first-order valence-electron chi connectivity index (χ1n) is 7.19. The van der Waals surface area contributed by atoms with Crippen molar-refractivity contribution in [2.24, 2.45) is 0 Å². The number of rotatable bonds is 2. The first-order chi connectivity index (χ1) is 8.41. The molecule has 0 aromatic carbocycles. The summed E-state index contributed by atoms with van der Waals surface area (Å²) in [4.78, 5) is 0. The second kappa shape index (κ2) is 16.9. The second-order valence-corrected chi connectivity index (χ2v) is 7.59. The summed E-state index contributed by atoms with van der Waals surface area (Å²) in [7, 11) is 0. The van der Waals surface area contributed by atoms with E-state index in [2.05, 4.69) is 6.92 Å². The molecule has 132 valence electrons. The van der Waals surface area contributed by atoms with E-state index in [1.54, 1.807) is 62.3 Å². The summed E-state index contributed by atoms with van der Waals surface area (Å²) in [6.45, 7) is 18.1. The summed E-state index contributed by atoms with van der Waals surface area (Å²) in [5, 5.41) is 33.6. The third-order valence-electron chi connectivity index (χ3n) is 0.512. The molecule has 0 bridgehead atoms. The van der Waals surface area contributed by atoms with Crippen LogP contribution in [0.2, 0.25) is 0 Å². The van der Waals surface area contributed by atoms with Crippen molar-refractivity contribution in [3.05, 3.63) is 0 Å². The van der Waals surface area contributed by atoms with E-state index in [1.807, 2.05) is 0 Å². The summed E-state index contributed by atoms with van der Waals surface area (Å²) in [6, 6.07) is 0. The summed E-state index contributed by atoms with van der Waals surface area (Å²) in [5.41, 5.74) is -1.50. The van der Waals surface area contributed by atoms with Gasteiger partial charge in [0, 0.05) is 28.3 Å². The molecule has 0 rings (SSSR count). The molecule has 0 saturated heterocycles. The normalized spacial score (nSPS) is 10.6. The number of aliphatic hydroxyl groups excluding tert-OH is 1. The maximum Gasteiger partial charge on any atom is 0.0563 e. The van der Waals surface area contributed by atoms with Gasteiger partial charge < -0.3 is 20.4 Å². The predicted octanol–water partition coefficient (Wildman–Crippen LogP) is 3.11. The quantitative estimate of drug-likeness (QED) is 0.580. The molecule has 0 saturated carbocycles. The molecule has 21 heavy (non-hydrogen) atoms. The van der Waals surface area contributed by atoms with Crippen LogP contribution in [-0.4, -0.2) is 43.8 Å². The minimum atomic E-state index is -0.500. The van der Waals surface area contributed by atoms with Gasteiger partial charge in [0.25, 0.3) is 0 Å². The fourth-order valence-electron chi connectivity index (χ4n) is 0.158. The maximum atomic E-state index is 8.52. The van der Waals surface area contributed by atoms with Crippen LogP contribution in [0, 0.1) is 0 Å². The molecule has 0 amide bonds. The summed E-state index contributed by atoms with van der Waals surface area (Å²) >= 11 is 0. The van der Waals surface area contributed by atoms with E-state index < -0.39 is 16.8 Å². The topological polar surface area (TPSA) is 80.9 Å². The van der Waals surface area contributed by atoms with Crippen molar-refractivity contribution in [1.82, 2.24) is 0 Å². The van der Waals surface area contributed by atoms with E-state index in [1.165, 1.54) is 0 Å². The SMILES string of the molecule is CC(C)(C)O.CC(C)(C)O.CC(C)(C)O.CCCCO.[Ti]. The zero-order valence-corrected chi connectivity index (χ0v) is 17.5. The van der Waals surface area contributed by atoms with Gasteiger partial charge in [0.2, 0.25) is 0 Å². The van der Waals surface area contributed by atoms with Gasteiger partial charge in [0.15, 0.2) is 0 Å². The van der Waals surface area contributed by atoms with Crippen molar-refractivity contribution in [3.63, 3.8) is 0 Å². The molecular formula is C16H40O4Ti. The molecule has 0 heterocycles. The smallest absolute Gasteiger partial charge is 0.0563 e. The van der Waals surface area contributed by atoms with Crippen LogP contribution in [0.15, 0.2) is 0 Å². The molecule has 0 radical (unpaired) electrons. The van der Waals surface area contributed by atoms with Gasteiger partial charge in [-0.25, -0.2) is 0 Å². The third-order valence-corrected chi connectivity index (χ3v) is 0.512. The van der Waals surface area contributed by atoms with Crippen LogP contribution in [0.25, 0.3) is 0 Å². The molecule has 0 spiro atoms. The Morgan fingerprint density at radius 1 is 0.619 bits per heavy atom. The van der Waals surface area contributed by atoms with E-state index in [-0.39, 0.29) is 21.7 Å². The standard InChI is InChI=1S/4C4H10O.Ti/c3*1-4(2,3)5;1-2-3-4-5;/h3*5H,1-3H3;5H,2-4H2,1H3;.